The number of rotatable bonds is 6. The summed E-state index contributed by atoms with van der Waals surface area (Å²) < 4.78 is 5.76. The fourth-order valence-electron chi connectivity index (χ4n) is 3.48. The van der Waals surface area contributed by atoms with Gasteiger partial charge in [0.05, 0.1) is 6.10 Å². The standard InChI is InChI=1S/C15H29NO/c1-4-17-14-11-13(15(14,2)3)16-10-9-12-7-5-6-8-12/h12-14,16H,4-11H2,1-3H3. The van der Waals surface area contributed by atoms with Crippen LogP contribution in [0.1, 0.15) is 59.3 Å². The second-order valence-corrected chi connectivity index (χ2v) is 6.45. The summed E-state index contributed by atoms with van der Waals surface area (Å²) in [5, 5.41) is 3.74. The van der Waals surface area contributed by atoms with Gasteiger partial charge in [-0.25, -0.2) is 0 Å². The zero-order chi connectivity index (χ0) is 12.3. The van der Waals surface area contributed by atoms with Crippen LogP contribution in [-0.4, -0.2) is 25.3 Å². The first-order chi connectivity index (χ1) is 8.14. The first-order valence-corrected chi connectivity index (χ1v) is 7.49. The summed E-state index contributed by atoms with van der Waals surface area (Å²) in [7, 11) is 0. The third kappa shape index (κ3) is 3.03. The first-order valence-electron chi connectivity index (χ1n) is 7.49. The molecule has 100 valence electrons. The largest absolute Gasteiger partial charge is 0.378 e. The SMILES string of the molecule is CCOC1CC(NCCC2CCCC2)C1(C)C. The molecule has 2 fully saturated rings. The van der Waals surface area contributed by atoms with Crippen LogP contribution in [-0.2, 0) is 4.74 Å². The van der Waals surface area contributed by atoms with Gasteiger partial charge in [-0.3, -0.25) is 0 Å². The van der Waals surface area contributed by atoms with E-state index in [2.05, 4.69) is 26.1 Å². The molecular weight excluding hydrogens is 210 g/mol. The lowest BCUT2D eigenvalue weighted by Crippen LogP contribution is -2.61. The van der Waals surface area contributed by atoms with E-state index < -0.39 is 0 Å². The molecule has 0 spiro atoms. The van der Waals surface area contributed by atoms with Gasteiger partial charge in [0.25, 0.3) is 0 Å². The third-order valence-electron chi connectivity index (χ3n) is 4.96. The molecule has 0 bridgehead atoms. The second-order valence-electron chi connectivity index (χ2n) is 6.45. The lowest BCUT2D eigenvalue weighted by atomic mass is 9.64. The average molecular weight is 239 g/mol. The molecule has 0 aromatic carbocycles. The van der Waals surface area contributed by atoms with Gasteiger partial charge in [-0.05, 0) is 32.2 Å². The van der Waals surface area contributed by atoms with E-state index in [1.165, 1.54) is 45.1 Å². The maximum atomic E-state index is 5.76. The van der Waals surface area contributed by atoms with Crippen LogP contribution in [0.2, 0.25) is 0 Å². The number of hydrogen-bond donors (Lipinski definition) is 1. The molecule has 2 heteroatoms. The lowest BCUT2D eigenvalue weighted by molar-refractivity contribution is -0.114. The molecule has 2 saturated carbocycles. The van der Waals surface area contributed by atoms with Gasteiger partial charge in [-0.1, -0.05) is 39.5 Å². The topological polar surface area (TPSA) is 21.3 Å². The molecular formula is C15H29NO. The van der Waals surface area contributed by atoms with E-state index in [1.54, 1.807) is 0 Å². The van der Waals surface area contributed by atoms with E-state index in [4.69, 9.17) is 4.74 Å². The van der Waals surface area contributed by atoms with Crippen molar-refractivity contribution in [3.8, 4) is 0 Å². The van der Waals surface area contributed by atoms with Crippen molar-refractivity contribution in [1.29, 1.82) is 0 Å². The molecule has 0 radical (unpaired) electrons. The summed E-state index contributed by atoms with van der Waals surface area (Å²) in [6.07, 6.45) is 8.92. The lowest BCUT2D eigenvalue weighted by Gasteiger charge is -2.52. The van der Waals surface area contributed by atoms with Gasteiger partial charge < -0.3 is 10.1 Å². The Morgan fingerprint density at radius 3 is 2.53 bits per heavy atom. The Morgan fingerprint density at radius 2 is 1.94 bits per heavy atom. The van der Waals surface area contributed by atoms with Gasteiger partial charge in [0, 0.05) is 18.1 Å². The maximum Gasteiger partial charge on any atom is 0.0655 e. The molecule has 17 heavy (non-hydrogen) atoms. The molecule has 2 aliphatic carbocycles. The van der Waals surface area contributed by atoms with Gasteiger partial charge in [-0.15, -0.1) is 0 Å². The van der Waals surface area contributed by atoms with Crippen LogP contribution in [0.25, 0.3) is 0 Å². The predicted molar refractivity (Wildman–Crippen MR) is 72.2 cm³/mol. The second kappa shape index (κ2) is 5.71. The highest BCUT2D eigenvalue weighted by Gasteiger charge is 2.48. The maximum absolute atomic E-state index is 5.76. The smallest absolute Gasteiger partial charge is 0.0655 e. The quantitative estimate of drug-likeness (QED) is 0.767. The number of ether oxygens (including phenoxy) is 1. The summed E-state index contributed by atoms with van der Waals surface area (Å²) in [6, 6.07) is 0.667. The molecule has 2 atom stereocenters. The van der Waals surface area contributed by atoms with Gasteiger partial charge in [-0.2, -0.15) is 0 Å². The predicted octanol–water partition coefficient (Wildman–Crippen LogP) is 3.36. The highest BCUT2D eigenvalue weighted by atomic mass is 16.5. The molecule has 0 aliphatic heterocycles. The van der Waals surface area contributed by atoms with Crippen LogP contribution < -0.4 is 5.32 Å². The van der Waals surface area contributed by atoms with Crippen molar-refractivity contribution < 1.29 is 4.74 Å². The summed E-state index contributed by atoms with van der Waals surface area (Å²) in [6.45, 7) is 8.82. The Balaban J connectivity index is 1.63. The number of nitrogens with one attached hydrogen (secondary N) is 1. The van der Waals surface area contributed by atoms with E-state index in [0.29, 0.717) is 17.6 Å². The van der Waals surface area contributed by atoms with E-state index in [1.807, 2.05) is 0 Å². The Morgan fingerprint density at radius 1 is 1.24 bits per heavy atom. The van der Waals surface area contributed by atoms with E-state index in [9.17, 15) is 0 Å². The van der Waals surface area contributed by atoms with Crippen molar-refractivity contribution in [1.82, 2.24) is 5.32 Å². The normalized spacial score (nSPS) is 32.6. The van der Waals surface area contributed by atoms with Crippen molar-refractivity contribution in [2.24, 2.45) is 11.3 Å². The molecule has 2 unspecified atom stereocenters. The molecule has 2 rings (SSSR count). The Labute approximate surface area is 107 Å². The molecule has 0 saturated heterocycles. The van der Waals surface area contributed by atoms with Crippen molar-refractivity contribution >= 4 is 0 Å². The zero-order valence-corrected chi connectivity index (χ0v) is 11.8. The molecule has 0 amide bonds. The molecule has 0 aromatic heterocycles. The van der Waals surface area contributed by atoms with Gasteiger partial charge in [0.1, 0.15) is 0 Å². The van der Waals surface area contributed by atoms with Gasteiger partial charge in [0.15, 0.2) is 0 Å². The molecule has 1 N–H and O–H groups in total. The van der Waals surface area contributed by atoms with Crippen LogP contribution >= 0.6 is 0 Å². The third-order valence-corrected chi connectivity index (χ3v) is 4.96. The molecule has 0 aromatic rings. The molecule has 2 nitrogen and oxygen atoms in total. The van der Waals surface area contributed by atoms with Gasteiger partial charge >= 0.3 is 0 Å². The Kier molecular flexibility index (Phi) is 4.48. The summed E-state index contributed by atoms with van der Waals surface area (Å²) in [5.41, 5.74) is 0.325. The highest BCUT2D eigenvalue weighted by Crippen LogP contribution is 2.42. The van der Waals surface area contributed by atoms with E-state index in [0.717, 1.165) is 12.5 Å². The monoisotopic (exact) mass is 239 g/mol. The highest BCUT2D eigenvalue weighted by molar-refractivity contribution is 5.02. The fraction of sp³-hybridized carbons (Fsp3) is 1.00. The minimum Gasteiger partial charge on any atom is -0.378 e. The molecule has 2 aliphatic rings. The van der Waals surface area contributed by atoms with Crippen molar-refractivity contribution in [3.63, 3.8) is 0 Å². The van der Waals surface area contributed by atoms with Crippen LogP contribution in [0.15, 0.2) is 0 Å². The van der Waals surface area contributed by atoms with Crippen LogP contribution in [0.4, 0.5) is 0 Å². The van der Waals surface area contributed by atoms with Crippen molar-refractivity contribution in [3.05, 3.63) is 0 Å². The summed E-state index contributed by atoms with van der Waals surface area (Å²) in [4.78, 5) is 0. The van der Waals surface area contributed by atoms with Crippen LogP contribution in [0.5, 0.6) is 0 Å². The molecule has 0 heterocycles. The van der Waals surface area contributed by atoms with E-state index >= 15 is 0 Å². The van der Waals surface area contributed by atoms with Crippen LogP contribution in [0, 0.1) is 11.3 Å². The van der Waals surface area contributed by atoms with Crippen molar-refractivity contribution in [2.45, 2.75) is 71.4 Å². The van der Waals surface area contributed by atoms with Gasteiger partial charge in [0.2, 0.25) is 0 Å². The van der Waals surface area contributed by atoms with Crippen LogP contribution in [0.3, 0.4) is 0 Å². The Hall–Kier alpha value is -0.0800. The fourth-order valence-corrected chi connectivity index (χ4v) is 3.48. The first kappa shape index (κ1) is 13.4. The zero-order valence-electron chi connectivity index (χ0n) is 11.8. The van der Waals surface area contributed by atoms with E-state index in [-0.39, 0.29) is 0 Å². The summed E-state index contributed by atoms with van der Waals surface area (Å²) in [5.74, 6) is 1.01. The number of hydrogen-bond acceptors (Lipinski definition) is 2. The minimum absolute atomic E-state index is 0.325. The average Bonchev–Trinajstić information content (AvgIpc) is 2.80. The van der Waals surface area contributed by atoms with Crippen molar-refractivity contribution in [2.75, 3.05) is 13.2 Å². The summed E-state index contributed by atoms with van der Waals surface area (Å²) >= 11 is 0. The minimum atomic E-state index is 0.325. The Bertz CT molecular complexity index is 233.